The lowest BCUT2D eigenvalue weighted by Crippen LogP contribution is -2.01. The fourth-order valence-electron chi connectivity index (χ4n) is 1.79. The molecule has 0 N–H and O–H groups in total. The molecular weight excluding hydrogens is 304 g/mol. The molecule has 106 valence electrons. The Kier molecular flexibility index (Phi) is 6.36. The first-order chi connectivity index (χ1) is 9.74. The first kappa shape index (κ1) is 15.8. The van der Waals surface area contributed by atoms with Crippen LogP contribution in [0, 0.1) is 0 Å². The summed E-state index contributed by atoms with van der Waals surface area (Å²) >= 11 is 2.50. The van der Waals surface area contributed by atoms with Gasteiger partial charge in [0.1, 0.15) is 0 Å². The van der Waals surface area contributed by atoms with Crippen molar-refractivity contribution in [3.8, 4) is 0 Å². The highest BCUT2D eigenvalue weighted by molar-refractivity contribution is 7.99. The van der Waals surface area contributed by atoms with Gasteiger partial charge in [-0.15, -0.1) is 23.5 Å². The zero-order valence-corrected chi connectivity index (χ0v) is 14.1. The van der Waals surface area contributed by atoms with E-state index in [-0.39, 0.29) is 0 Å². The second-order valence-electron chi connectivity index (χ2n) is 4.08. The fraction of sp³-hybridized carbons (Fsp3) is 0.250. The molecule has 0 atom stereocenters. The van der Waals surface area contributed by atoms with Crippen molar-refractivity contribution in [2.24, 2.45) is 0 Å². The maximum Gasteiger partial charge on any atom is 0.158 e. The van der Waals surface area contributed by atoms with Crippen LogP contribution < -0.4 is 0 Å². The lowest BCUT2D eigenvalue weighted by Gasteiger charge is -2.10. The SMILES string of the molecule is CCSc1ccc([S+]([O-])c2ccc(SCC)cc2)cc1. The molecule has 0 bridgehead atoms. The van der Waals surface area contributed by atoms with Crippen LogP contribution in [0.3, 0.4) is 0 Å². The molecule has 0 amide bonds. The van der Waals surface area contributed by atoms with Gasteiger partial charge in [0.05, 0.1) is 0 Å². The summed E-state index contributed by atoms with van der Waals surface area (Å²) in [6.45, 7) is 4.26. The van der Waals surface area contributed by atoms with Crippen LogP contribution in [0.4, 0.5) is 0 Å². The average Bonchev–Trinajstić information content (AvgIpc) is 2.49. The van der Waals surface area contributed by atoms with Gasteiger partial charge in [0.15, 0.2) is 9.79 Å². The predicted molar refractivity (Wildman–Crippen MR) is 90.4 cm³/mol. The van der Waals surface area contributed by atoms with E-state index in [1.54, 1.807) is 23.5 Å². The summed E-state index contributed by atoms with van der Waals surface area (Å²) in [7, 11) is 0. The molecule has 0 aliphatic carbocycles. The minimum absolute atomic E-state index is 0.862. The molecule has 0 aliphatic heterocycles. The number of rotatable bonds is 6. The highest BCUT2D eigenvalue weighted by atomic mass is 32.2. The van der Waals surface area contributed by atoms with Gasteiger partial charge in [-0.3, -0.25) is 0 Å². The molecule has 2 rings (SSSR count). The van der Waals surface area contributed by atoms with Crippen molar-refractivity contribution in [1.82, 2.24) is 0 Å². The van der Waals surface area contributed by atoms with E-state index in [0.717, 1.165) is 21.3 Å². The van der Waals surface area contributed by atoms with Crippen molar-refractivity contribution in [2.75, 3.05) is 11.5 Å². The molecule has 1 nitrogen and oxygen atoms in total. The molecule has 0 aliphatic rings. The van der Waals surface area contributed by atoms with Crippen LogP contribution >= 0.6 is 23.5 Å². The van der Waals surface area contributed by atoms with Gasteiger partial charge in [-0.05, 0) is 60.0 Å². The van der Waals surface area contributed by atoms with Crippen LogP contribution in [0.5, 0.6) is 0 Å². The van der Waals surface area contributed by atoms with Crippen molar-refractivity contribution < 1.29 is 4.55 Å². The van der Waals surface area contributed by atoms with Gasteiger partial charge in [0, 0.05) is 21.0 Å². The minimum atomic E-state index is -1.09. The monoisotopic (exact) mass is 322 g/mol. The van der Waals surface area contributed by atoms with Gasteiger partial charge in [-0.2, -0.15) is 0 Å². The van der Waals surface area contributed by atoms with Crippen LogP contribution in [-0.2, 0) is 11.2 Å². The standard InChI is InChI=1S/C16H18OS3/c1-3-18-13-5-9-15(10-6-13)20(17)16-11-7-14(8-12-16)19-4-2/h5-12H,3-4H2,1-2H3. The summed E-state index contributed by atoms with van der Waals surface area (Å²) < 4.78 is 12.5. The van der Waals surface area contributed by atoms with Crippen LogP contribution in [0.1, 0.15) is 13.8 Å². The third-order valence-corrected chi connectivity index (χ3v) is 5.89. The number of hydrogen-bond acceptors (Lipinski definition) is 3. The highest BCUT2D eigenvalue weighted by Crippen LogP contribution is 2.26. The Hall–Kier alpha value is -0.550. The van der Waals surface area contributed by atoms with Crippen LogP contribution in [0.15, 0.2) is 68.1 Å². The van der Waals surface area contributed by atoms with Crippen LogP contribution in [-0.4, -0.2) is 16.1 Å². The lowest BCUT2D eigenvalue weighted by atomic mass is 10.4. The zero-order valence-electron chi connectivity index (χ0n) is 11.7. The van der Waals surface area contributed by atoms with E-state index in [4.69, 9.17) is 0 Å². The Balaban J connectivity index is 2.11. The van der Waals surface area contributed by atoms with Crippen molar-refractivity contribution in [3.05, 3.63) is 48.5 Å². The topological polar surface area (TPSA) is 23.1 Å². The van der Waals surface area contributed by atoms with E-state index in [2.05, 4.69) is 13.8 Å². The zero-order chi connectivity index (χ0) is 14.4. The Bertz CT molecular complexity index is 473. The van der Waals surface area contributed by atoms with E-state index in [1.807, 2.05) is 48.5 Å². The van der Waals surface area contributed by atoms with E-state index in [9.17, 15) is 4.55 Å². The first-order valence-electron chi connectivity index (χ1n) is 6.62. The number of hydrogen-bond donors (Lipinski definition) is 0. The number of benzene rings is 2. The summed E-state index contributed by atoms with van der Waals surface area (Å²) in [5.41, 5.74) is 0. The molecule has 4 heteroatoms. The molecule has 0 spiro atoms. The summed E-state index contributed by atoms with van der Waals surface area (Å²) in [4.78, 5) is 4.17. The highest BCUT2D eigenvalue weighted by Gasteiger charge is 2.14. The van der Waals surface area contributed by atoms with Gasteiger partial charge in [0.2, 0.25) is 0 Å². The van der Waals surface area contributed by atoms with Gasteiger partial charge in [0.25, 0.3) is 0 Å². The maximum absolute atomic E-state index is 12.5. The molecule has 0 unspecified atom stereocenters. The molecule has 0 radical (unpaired) electrons. The normalized spacial score (nSPS) is 11.0. The molecule has 2 aromatic carbocycles. The molecule has 0 saturated heterocycles. The van der Waals surface area contributed by atoms with Crippen molar-refractivity contribution in [3.63, 3.8) is 0 Å². The van der Waals surface area contributed by atoms with E-state index >= 15 is 0 Å². The average molecular weight is 323 g/mol. The van der Waals surface area contributed by atoms with Gasteiger partial charge in [-0.1, -0.05) is 13.8 Å². The minimum Gasteiger partial charge on any atom is -0.606 e. The fourth-order valence-corrected chi connectivity index (χ4v) is 4.15. The molecule has 0 saturated carbocycles. The van der Waals surface area contributed by atoms with Gasteiger partial charge < -0.3 is 4.55 Å². The van der Waals surface area contributed by atoms with Crippen molar-refractivity contribution >= 4 is 34.7 Å². The summed E-state index contributed by atoms with van der Waals surface area (Å²) in [6.07, 6.45) is 0. The Morgan fingerprint density at radius 3 is 1.40 bits per heavy atom. The second-order valence-corrected chi connectivity index (χ2v) is 8.23. The second kappa shape index (κ2) is 8.03. The largest absolute Gasteiger partial charge is 0.606 e. The van der Waals surface area contributed by atoms with Crippen molar-refractivity contribution in [2.45, 2.75) is 33.4 Å². The van der Waals surface area contributed by atoms with Gasteiger partial charge >= 0.3 is 0 Å². The molecular formula is C16H18OS3. The van der Waals surface area contributed by atoms with E-state index in [0.29, 0.717) is 0 Å². The molecule has 0 aromatic heterocycles. The summed E-state index contributed by atoms with van der Waals surface area (Å²) in [5, 5.41) is 0. The quantitative estimate of drug-likeness (QED) is 0.547. The maximum atomic E-state index is 12.5. The first-order valence-corrected chi connectivity index (χ1v) is 9.74. The third kappa shape index (κ3) is 4.22. The molecule has 2 aromatic rings. The number of thioether (sulfide) groups is 2. The van der Waals surface area contributed by atoms with E-state index < -0.39 is 11.2 Å². The van der Waals surface area contributed by atoms with E-state index in [1.165, 1.54) is 9.79 Å². The Labute approximate surface area is 132 Å². The van der Waals surface area contributed by atoms with Crippen molar-refractivity contribution in [1.29, 1.82) is 0 Å². The Morgan fingerprint density at radius 2 is 1.10 bits per heavy atom. The predicted octanol–water partition coefficient (Wildman–Crippen LogP) is 5.08. The summed E-state index contributed by atoms with van der Waals surface area (Å²) in [6, 6.07) is 16.0. The lowest BCUT2D eigenvalue weighted by molar-refractivity contribution is 0.595. The smallest absolute Gasteiger partial charge is 0.158 e. The van der Waals surface area contributed by atoms with Crippen LogP contribution in [0.2, 0.25) is 0 Å². The molecule has 0 fully saturated rings. The van der Waals surface area contributed by atoms with Crippen LogP contribution in [0.25, 0.3) is 0 Å². The third-order valence-electron chi connectivity index (χ3n) is 2.70. The molecule has 20 heavy (non-hydrogen) atoms. The molecule has 0 heterocycles. The van der Waals surface area contributed by atoms with Gasteiger partial charge in [-0.25, -0.2) is 0 Å². The summed E-state index contributed by atoms with van der Waals surface area (Å²) in [5.74, 6) is 2.11. The Morgan fingerprint density at radius 1 is 0.750 bits per heavy atom.